The van der Waals surface area contributed by atoms with Gasteiger partial charge in [0.05, 0.1) is 6.61 Å². The summed E-state index contributed by atoms with van der Waals surface area (Å²) in [6.07, 6.45) is -3.33. The van der Waals surface area contributed by atoms with Crippen LogP contribution in [-0.4, -0.2) is 66.8 Å². The topological polar surface area (TPSA) is 152 Å². The van der Waals surface area contributed by atoms with E-state index < -0.39 is 31.1 Å². The van der Waals surface area contributed by atoms with Crippen LogP contribution in [0.5, 0.6) is 5.75 Å². The van der Waals surface area contributed by atoms with Gasteiger partial charge in [0.25, 0.3) is 0 Å². The molecule has 4 atom stereocenters. The van der Waals surface area contributed by atoms with Crippen LogP contribution in [0, 0.1) is 0 Å². The van der Waals surface area contributed by atoms with E-state index in [1.54, 1.807) is 9.47 Å². The number of nitrogens with zero attached hydrogens (tertiary/aromatic N) is 5. The number of rotatable bonds is 8. The summed E-state index contributed by atoms with van der Waals surface area (Å²) >= 11 is 0. The lowest BCUT2D eigenvalue weighted by Crippen LogP contribution is -2.33. The van der Waals surface area contributed by atoms with Gasteiger partial charge in [-0.15, -0.1) is 0 Å². The van der Waals surface area contributed by atoms with Gasteiger partial charge >= 0.3 is 0 Å². The lowest BCUT2D eigenvalue weighted by Gasteiger charge is -2.24. The fraction of sp³-hybridized carbons (Fsp3) is 0.233. The quantitative estimate of drug-likeness (QED) is 0.225. The van der Waals surface area contributed by atoms with Crippen LogP contribution in [0.3, 0.4) is 0 Å². The SMILES string of the molecule is CN(c1ccc(-c2cccc(OCc3ccccc3)c2)cc1)c1nc2c(N)ncnc2n1[C@@H]1O[C@H](CO)[C@@H](O)[C@H]1O. The van der Waals surface area contributed by atoms with Crippen LogP contribution in [-0.2, 0) is 11.3 Å². The Labute approximate surface area is 236 Å². The number of anilines is 3. The van der Waals surface area contributed by atoms with Gasteiger partial charge in [-0.3, -0.25) is 4.57 Å². The van der Waals surface area contributed by atoms with E-state index in [0.29, 0.717) is 23.7 Å². The second kappa shape index (κ2) is 11.1. The first-order chi connectivity index (χ1) is 19.9. The maximum atomic E-state index is 10.8. The average Bonchev–Trinajstić information content (AvgIpc) is 3.54. The minimum absolute atomic E-state index is 0.167. The van der Waals surface area contributed by atoms with Crippen molar-refractivity contribution in [3.8, 4) is 16.9 Å². The van der Waals surface area contributed by atoms with Crippen molar-refractivity contribution in [2.45, 2.75) is 31.1 Å². The van der Waals surface area contributed by atoms with Gasteiger partial charge in [0.1, 0.15) is 37.0 Å². The molecule has 0 saturated carbocycles. The number of fused-ring (bicyclic) bond motifs is 1. The molecule has 1 aliphatic heterocycles. The highest BCUT2D eigenvalue weighted by atomic mass is 16.6. The van der Waals surface area contributed by atoms with E-state index in [2.05, 4.69) is 15.0 Å². The van der Waals surface area contributed by atoms with E-state index in [-0.39, 0.29) is 5.82 Å². The first-order valence-corrected chi connectivity index (χ1v) is 13.2. The molecule has 0 radical (unpaired) electrons. The highest BCUT2D eigenvalue weighted by molar-refractivity contribution is 5.85. The van der Waals surface area contributed by atoms with Gasteiger partial charge < -0.3 is 35.4 Å². The number of hydrogen-bond acceptors (Lipinski definition) is 10. The first-order valence-electron chi connectivity index (χ1n) is 13.2. The van der Waals surface area contributed by atoms with Crippen molar-refractivity contribution in [3.63, 3.8) is 0 Å². The number of aliphatic hydroxyl groups excluding tert-OH is 3. The zero-order chi connectivity index (χ0) is 28.5. The van der Waals surface area contributed by atoms with E-state index in [9.17, 15) is 15.3 Å². The molecule has 0 spiro atoms. The molecule has 5 N–H and O–H groups in total. The molecule has 1 fully saturated rings. The van der Waals surface area contributed by atoms with Crippen LogP contribution in [0.25, 0.3) is 22.3 Å². The molecule has 1 saturated heterocycles. The van der Waals surface area contributed by atoms with Gasteiger partial charge in [-0.1, -0.05) is 54.6 Å². The molecule has 5 aromatic rings. The Morgan fingerprint density at radius 1 is 0.951 bits per heavy atom. The number of aliphatic hydroxyl groups is 3. The molecule has 3 aromatic carbocycles. The van der Waals surface area contributed by atoms with E-state index in [4.69, 9.17) is 15.2 Å². The summed E-state index contributed by atoms with van der Waals surface area (Å²) in [7, 11) is 1.82. The Kier molecular flexibility index (Phi) is 7.25. The van der Waals surface area contributed by atoms with Crippen molar-refractivity contribution in [3.05, 3.63) is 90.8 Å². The lowest BCUT2D eigenvalue weighted by atomic mass is 10.0. The van der Waals surface area contributed by atoms with Crippen LogP contribution in [0.15, 0.2) is 85.2 Å². The molecule has 11 nitrogen and oxygen atoms in total. The second-order valence-corrected chi connectivity index (χ2v) is 9.85. The molecule has 6 rings (SSSR count). The zero-order valence-corrected chi connectivity index (χ0v) is 22.3. The summed E-state index contributed by atoms with van der Waals surface area (Å²) in [6, 6.07) is 25.8. The van der Waals surface area contributed by atoms with Crippen molar-refractivity contribution >= 4 is 28.6 Å². The molecule has 0 amide bonds. The van der Waals surface area contributed by atoms with Gasteiger partial charge in [-0.25, -0.2) is 15.0 Å². The standard InChI is InChI=1S/C30H30N6O5/c1-35(30-34-24-27(31)32-17-33-28(24)36(30)29-26(39)25(38)23(15-37)41-29)21-12-10-19(11-13-21)20-8-5-9-22(14-20)40-16-18-6-3-2-4-7-18/h2-14,17,23,25-26,29,37-39H,15-16H2,1H3,(H2,31,32,33)/t23-,25-,26-,29-/m1/s1. The third-order valence-corrected chi connectivity index (χ3v) is 7.23. The Morgan fingerprint density at radius 3 is 2.46 bits per heavy atom. The molecule has 0 aliphatic carbocycles. The molecule has 0 unspecified atom stereocenters. The van der Waals surface area contributed by atoms with Gasteiger partial charge in [0, 0.05) is 12.7 Å². The summed E-state index contributed by atoms with van der Waals surface area (Å²) < 4.78 is 13.4. The Balaban J connectivity index is 1.28. The predicted octanol–water partition coefficient (Wildman–Crippen LogP) is 3.03. The largest absolute Gasteiger partial charge is 0.489 e. The molecule has 1 aliphatic rings. The van der Waals surface area contributed by atoms with Crippen LogP contribution in [0.2, 0.25) is 0 Å². The highest BCUT2D eigenvalue weighted by Gasteiger charge is 2.45. The fourth-order valence-electron chi connectivity index (χ4n) is 4.98. The van der Waals surface area contributed by atoms with Crippen LogP contribution in [0.1, 0.15) is 11.8 Å². The smallest absolute Gasteiger partial charge is 0.214 e. The molecular formula is C30H30N6O5. The Bertz CT molecular complexity index is 1650. The van der Waals surface area contributed by atoms with E-state index in [1.807, 2.05) is 85.9 Å². The van der Waals surface area contributed by atoms with Crippen LogP contribution >= 0.6 is 0 Å². The van der Waals surface area contributed by atoms with E-state index in [1.165, 1.54) is 6.33 Å². The van der Waals surface area contributed by atoms with Crippen molar-refractivity contribution < 1.29 is 24.8 Å². The molecule has 11 heteroatoms. The summed E-state index contributed by atoms with van der Waals surface area (Å²) in [5.74, 6) is 1.31. The molecule has 2 aromatic heterocycles. The minimum atomic E-state index is -1.33. The number of nitrogens with two attached hydrogens (primary N) is 1. The normalized spacial score (nSPS) is 20.4. The second-order valence-electron chi connectivity index (χ2n) is 9.85. The molecule has 3 heterocycles. The molecule has 0 bridgehead atoms. The number of hydrogen-bond donors (Lipinski definition) is 4. The molecule has 41 heavy (non-hydrogen) atoms. The fourth-order valence-corrected chi connectivity index (χ4v) is 4.98. The number of benzene rings is 3. The summed E-state index contributed by atoms with van der Waals surface area (Å²) in [6.45, 7) is 0.0308. The Hall–Kier alpha value is -4.55. The summed E-state index contributed by atoms with van der Waals surface area (Å²) in [5.41, 5.74) is 10.7. The first kappa shape index (κ1) is 26.7. The van der Waals surface area contributed by atoms with Crippen molar-refractivity contribution in [1.82, 2.24) is 19.5 Å². The lowest BCUT2D eigenvalue weighted by molar-refractivity contribution is -0.0503. The third kappa shape index (κ3) is 5.07. The van der Waals surface area contributed by atoms with Crippen molar-refractivity contribution in [1.29, 1.82) is 0 Å². The number of aromatic nitrogens is 4. The van der Waals surface area contributed by atoms with Gasteiger partial charge in [0.2, 0.25) is 5.95 Å². The summed E-state index contributed by atoms with van der Waals surface area (Å²) in [5, 5.41) is 30.8. The van der Waals surface area contributed by atoms with Gasteiger partial charge in [-0.2, -0.15) is 0 Å². The Morgan fingerprint density at radius 2 is 1.73 bits per heavy atom. The van der Waals surface area contributed by atoms with Crippen LogP contribution in [0.4, 0.5) is 17.5 Å². The zero-order valence-electron chi connectivity index (χ0n) is 22.3. The number of imidazole rings is 1. The van der Waals surface area contributed by atoms with Crippen molar-refractivity contribution in [2.24, 2.45) is 0 Å². The molecule has 210 valence electrons. The van der Waals surface area contributed by atoms with Gasteiger partial charge in [-0.05, 0) is 41.0 Å². The predicted molar refractivity (Wildman–Crippen MR) is 153 cm³/mol. The molecular weight excluding hydrogens is 524 g/mol. The van der Waals surface area contributed by atoms with E-state index in [0.717, 1.165) is 28.1 Å². The van der Waals surface area contributed by atoms with Crippen LogP contribution < -0.4 is 15.4 Å². The third-order valence-electron chi connectivity index (χ3n) is 7.23. The van der Waals surface area contributed by atoms with E-state index >= 15 is 0 Å². The average molecular weight is 555 g/mol. The number of ether oxygens (including phenoxy) is 2. The highest BCUT2D eigenvalue weighted by Crippen LogP contribution is 2.38. The summed E-state index contributed by atoms with van der Waals surface area (Å²) in [4.78, 5) is 14.8. The van der Waals surface area contributed by atoms with Crippen molar-refractivity contribution in [2.75, 3.05) is 24.3 Å². The maximum absolute atomic E-state index is 10.8. The maximum Gasteiger partial charge on any atom is 0.214 e. The number of nitrogen functional groups attached to an aromatic ring is 1. The monoisotopic (exact) mass is 554 g/mol. The van der Waals surface area contributed by atoms with Gasteiger partial charge in [0.15, 0.2) is 23.2 Å². The minimum Gasteiger partial charge on any atom is -0.489 e.